The molecule has 0 radical (unpaired) electrons. The third-order valence-corrected chi connectivity index (χ3v) is 4.84. The molecule has 0 aliphatic carbocycles. The second-order valence-corrected chi connectivity index (χ2v) is 6.72. The van der Waals surface area contributed by atoms with Crippen molar-refractivity contribution in [2.45, 2.75) is 12.2 Å². The molecule has 3 nitrogen and oxygen atoms in total. The summed E-state index contributed by atoms with van der Waals surface area (Å²) in [7, 11) is 3.44. The predicted octanol–water partition coefficient (Wildman–Crippen LogP) is 3.03. The normalized spacial score (nSPS) is 12.6. The van der Waals surface area contributed by atoms with E-state index in [2.05, 4.69) is 24.8 Å². The maximum atomic E-state index is 10.3. The lowest BCUT2D eigenvalue weighted by molar-refractivity contribution is 0.366. The highest BCUT2D eigenvalue weighted by molar-refractivity contribution is 7.80. The number of hydrogen-bond donors (Lipinski definition) is 2. The molecule has 2 aromatic rings. The van der Waals surface area contributed by atoms with Crippen LogP contribution in [0.1, 0.15) is 17.7 Å². The molecule has 0 saturated carbocycles. The standard InChI is InChI=1S/C16H19O3PS/c1-10(21)12-6-4-5-7-14(12)20-15-9-11(18-2)8-13(19-3)16(15)17/h4-10,17,20-21H,1-3H3. The SMILES string of the molecule is COc1cc(OC)c(O)c(Pc2ccccc2C(C)S)c1. The lowest BCUT2D eigenvalue weighted by Crippen LogP contribution is -2.10. The zero-order valence-electron chi connectivity index (χ0n) is 12.3. The highest BCUT2D eigenvalue weighted by atomic mass is 32.1. The van der Waals surface area contributed by atoms with Crippen LogP contribution in [-0.4, -0.2) is 19.3 Å². The first-order valence-electron chi connectivity index (χ1n) is 6.55. The number of rotatable bonds is 5. The minimum absolute atomic E-state index is 0.142. The first kappa shape index (κ1) is 16.0. The van der Waals surface area contributed by atoms with E-state index in [0.717, 1.165) is 10.6 Å². The number of phenols is 1. The Kier molecular flexibility index (Phi) is 5.38. The molecule has 0 saturated heterocycles. The topological polar surface area (TPSA) is 38.7 Å². The molecule has 5 heteroatoms. The van der Waals surface area contributed by atoms with E-state index in [4.69, 9.17) is 9.47 Å². The molecular weight excluding hydrogens is 303 g/mol. The summed E-state index contributed by atoms with van der Waals surface area (Å²) in [5.41, 5.74) is 1.17. The molecule has 0 aliphatic rings. The van der Waals surface area contributed by atoms with E-state index in [-0.39, 0.29) is 11.0 Å². The van der Waals surface area contributed by atoms with Crippen LogP contribution in [0.2, 0.25) is 0 Å². The number of ether oxygens (including phenoxy) is 2. The van der Waals surface area contributed by atoms with Crippen molar-refractivity contribution in [1.82, 2.24) is 0 Å². The van der Waals surface area contributed by atoms with Crippen LogP contribution in [0, 0.1) is 0 Å². The first-order valence-corrected chi connectivity index (χ1v) is 8.07. The number of thiol groups is 1. The minimum atomic E-state index is 0.142. The molecule has 0 fully saturated rings. The summed E-state index contributed by atoms with van der Waals surface area (Å²) < 4.78 is 10.5. The lowest BCUT2D eigenvalue weighted by atomic mass is 10.2. The summed E-state index contributed by atoms with van der Waals surface area (Å²) in [6.45, 7) is 2.04. The van der Waals surface area contributed by atoms with Crippen LogP contribution in [0.15, 0.2) is 36.4 Å². The Bertz CT molecular complexity index is 629. The third kappa shape index (κ3) is 3.63. The van der Waals surface area contributed by atoms with Crippen LogP contribution in [-0.2, 0) is 0 Å². The number of aromatic hydroxyl groups is 1. The van der Waals surface area contributed by atoms with Gasteiger partial charge in [0.25, 0.3) is 0 Å². The largest absolute Gasteiger partial charge is 0.504 e. The van der Waals surface area contributed by atoms with Crippen molar-refractivity contribution in [1.29, 1.82) is 0 Å². The fourth-order valence-corrected chi connectivity index (χ4v) is 3.79. The molecule has 2 unspecified atom stereocenters. The van der Waals surface area contributed by atoms with Gasteiger partial charge >= 0.3 is 0 Å². The Balaban J connectivity index is 2.44. The van der Waals surface area contributed by atoms with Gasteiger partial charge in [-0.25, -0.2) is 0 Å². The van der Waals surface area contributed by atoms with Crippen molar-refractivity contribution in [3.63, 3.8) is 0 Å². The van der Waals surface area contributed by atoms with Gasteiger partial charge in [-0.05, 0) is 23.9 Å². The Morgan fingerprint density at radius 2 is 1.81 bits per heavy atom. The Labute approximate surface area is 132 Å². The van der Waals surface area contributed by atoms with Crippen LogP contribution in [0.4, 0.5) is 0 Å². The van der Waals surface area contributed by atoms with Gasteiger partial charge in [-0.2, -0.15) is 12.6 Å². The third-order valence-electron chi connectivity index (χ3n) is 3.18. The quantitative estimate of drug-likeness (QED) is 0.656. The summed E-state index contributed by atoms with van der Waals surface area (Å²) >= 11 is 4.52. The van der Waals surface area contributed by atoms with Gasteiger partial charge in [0.15, 0.2) is 11.5 Å². The van der Waals surface area contributed by atoms with Gasteiger partial charge in [-0.15, -0.1) is 0 Å². The van der Waals surface area contributed by atoms with Crippen molar-refractivity contribution in [2.75, 3.05) is 14.2 Å². The van der Waals surface area contributed by atoms with E-state index in [1.54, 1.807) is 13.2 Å². The second-order valence-electron chi connectivity index (χ2n) is 4.61. The molecule has 0 spiro atoms. The van der Waals surface area contributed by atoms with Gasteiger partial charge in [-0.1, -0.05) is 32.8 Å². The smallest absolute Gasteiger partial charge is 0.165 e. The summed E-state index contributed by atoms with van der Waals surface area (Å²) in [4.78, 5) is 0. The number of hydrogen-bond acceptors (Lipinski definition) is 4. The number of phenolic OH excluding ortho intramolecular Hbond substituents is 1. The molecule has 0 aliphatic heterocycles. The van der Waals surface area contributed by atoms with E-state index < -0.39 is 0 Å². The Hall–Kier alpha value is -1.38. The summed E-state index contributed by atoms with van der Waals surface area (Å²) in [6, 6.07) is 11.6. The zero-order chi connectivity index (χ0) is 15.4. The van der Waals surface area contributed by atoms with Crippen molar-refractivity contribution in [3.05, 3.63) is 42.0 Å². The molecule has 0 aromatic heterocycles. The molecule has 21 heavy (non-hydrogen) atoms. The van der Waals surface area contributed by atoms with Crippen molar-refractivity contribution in [2.24, 2.45) is 0 Å². The average molecular weight is 322 g/mol. The van der Waals surface area contributed by atoms with Crippen molar-refractivity contribution < 1.29 is 14.6 Å². The summed E-state index contributed by atoms with van der Waals surface area (Å²) in [5.74, 6) is 1.26. The van der Waals surface area contributed by atoms with E-state index >= 15 is 0 Å². The fraction of sp³-hybridized carbons (Fsp3) is 0.250. The average Bonchev–Trinajstić information content (AvgIpc) is 2.49. The van der Waals surface area contributed by atoms with Crippen LogP contribution >= 0.6 is 21.2 Å². The van der Waals surface area contributed by atoms with Gasteiger partial charge in [-0.3, -0.25) is 0 Å². The summed E-state index contributed by atoms with van der Waals surface area (Å²) in [5, 5.41) is 12.4. The van der Waals surface area contributed by atoms with E-state index in [0.29, 0.717) is 20.1 Å². The maximum Gasteiger partial charge on any atom is 0.165 e. The Morgan fingerprint density at radius 3 is 2.43 bits per heavy atom. The van der Waals surface area contributed by atoms with Crippen molar-refractivity contribution >= 4 is 31.8 Å². The summed E-state index contributed by atoms with van der Waals surface area (Å²) in [6.07, 6.45) is 0. The molecule has 0 heterocycles. The van der Waals surface area contributed by atoms with Crippen LogP contribution in [0.25, 0.3) is 0 Å². The zero-order valence-corrected chi connectivity index (χ0v) is 14.1. The molecule has 1 N–H and O–H groups in total. The van der Waals surface area contributed by atoms with Gasteiger partial charge in [0.1, 0.15) is 5.75 Å². The highest BCUT2D eigenvalue weighted by Gasteiger charge is 2.14. The minimum Gasteiger partial charge on any atom is -0.504 e. The molecule has 0 bridgehead atoms. The van der Waals surface area contributed by atoms with Crippen LogP contribution in [0.5, 0.6) is 17.2 Å². The van der Waals surface area contributed by atoms with Crippen LogP contribution in [0.3, 0.4) is 0 Å². The predicted molar refractivity (Wildman–Crippen MR) is 92.6 cm³/mol. The van der Waals surface area contributed by atoms with Gasteiger partial charge in [0.2, 0.25) is 0 Å². The second kappa shape index (κ2) is 7.06. The lowest BCUT2D eigenvalue weighted by Gasteiger charge is -2.15. The van der Waals surface area contributed by atoms with E-state index in [9.17, 15) is 5.11 Å². The van der Waals surface area contributed by atoms with Gasteiger partial charge in [0.05, 0.1) is 14.2 Å². The Morgan fingerprint density at radius 1 is 1.10 bits per heavy atom. The monoisotopic (exact) mass is 322 g/mol. The maximum absolute atomic E-state index is 10.3. The molecular formula is C16H19O3PS. The van der Waals surface area contributed by atoms with Gasteiger partial charge < -0.3 is 14.6 Å². The number of benzene rings is 2. The molecule has 2 atom stereocenters. The first-order chi connectivity index (χ1) is 10.1. The fourth-order valence-electron chi connectivity index (χ4n) is 2.07. The van der Waals surface area contributed by atoms with Crippen LogP contribution < -0.4 is 20.1 Å². The molecule has 2 aromatic carbocycles. The highest BCUT2D eigenvalue weighted by Crippen LogP contribution is 2.34. The van der Waals surface area contributed by atoms with Crippen molar-refractivity contribution in [3.8, 4) is 17.2 Å². The van der Waals surface area contributed by atoms with Gasteiger partial charge in [0, 0.05) is 16.6 Å². The molecule has 2 rings (SSSR count). The number of methoxy groups -OCH3 is 2. The van der Waals surface area contributed by atoms with E-state index in [1.807, 2.05) is 25.1 Å². The van der Waals surface area contributed by atoms with E-state index in [1.165, 1.54) is 12.7 Å². The molecule has 0 amide bonds. The molecule has 112 valence electrons.